The average Bonchev–Trinajstić information content (AvgIpc) is 2.05. The van der Waals surface area contributed by atoms with Gasteiger partial charge in [-0.3, -0.25) is 0 Å². The van der Waals surface area contributed by atoms with E-state index in [1.54, 1.807) is 6.07 Å². The van der Waals surface area contributed by atoms with Crippen molar-refractivity contribution in [3.63, 3.8) is 0 Å². The van der Waals surface area contributed by atoms with Crippen LogP contribution in [-0.2, 0) is 0 Å². The van der Waals surface area contributed by atoms with E-state index in [0.717, 1.165) is 12.0 Å². The van der Waals surface area contributed by atoms with E-state index >= 15 is 0 Å². The lowest BCUT2D eigenvalue weighted by molar-refractivity contribution is 0.627. The van der Waals surface area contributed by atoms with Crippen molar-refractivity contribution in [3.8, 4) is 0 Å². The molecule has 0 saturated carbocycles. The molecule has 2 N–H and O–H groups in total. The number of hydrogen-bond donors (Lipinski definition) is 1. The van der Waals surface area contributed by atoms with Gasteiger partial charge in [-0.15, -0.1) is 0 Å². The Morgan fingerprint density at radius 3 is 2.92 bits per heavy atom. The Morgan fingerprint density at radius 1 is 1.42 bits per heavy atom. The SMILES string of the molecule is NCCC=Cc1cccc(F)c1. The van der Waals surface area contributed by atoms with Crippen LogP contribution in [0.5, 0.6) is 0 Å². The second kappa shape index (κ2) is 4.67. The van der Waals surface area contributed by atoms with E-state index in [1.165, 1.54) is 12.1 Å². The summed E-state index contributed by atoms with van der Waals surface area (Å²) in [6.07, 6.45) is 4.64. The predicted molar refractivity (Wildman–Crippen MR) is 49.1 cm³/mol. The molecule has 64 valence electrons. The van der Waals surface area contributed by atoms with Crippen molar-refractivity contribution in [2.75, 3.05) is 6.54 Å². The molecule has 0 radical (unpaired) electrons. The average molecular weight is 165 g/mol. The second-order valence-electron chi connectivity index (χ2n) is 2.53. The lowest BCUT2D eigenvalue weighted by Gasteiger charge is -1.92. The monoisotopic (exact) mass is 165 g/mol. The van der Waals surface area contributed by atoms with Gasteiger partial charge in [0.2, 0.25) is 0 Å². The molecule has 1 aromatic carbocycles. The summed E-state index contributed by atoms with van der Waals surface area (Å²) in [5, 5.41) is 0. The van der Waals surface area contributed by atoms with Crippen LogP contribution in [0.3, 0.4) is 0 Å². The zero-order chi connectivity index (χ0) is 8.81. The number of hydrogen-bond acceptors (Lipinski definition) is 1. The molecule has 0 unspecified atom stereocenters. The van der Waals surface area contributed by atoms with Gasteiger partial charge in [0.25, 0.3) is 0 Å². The van der Waals surface area contributed by atoms with Crippen molar-refractivity contribution in [1.29, 1.82) is 0 Å². The lowest BCUT2D eigenvalue weighted by Crippen LogP contribution is -1.94. The summed E-state index contributed by atoms with van der Waals surface area (Å²) >= 11 is 0. The third-order valence-electron chi connectivity index (χ3n) is 1.49. The van der Waals surface area contributed by atoms with Crippen LogP contribution in [0.4, 0.5) is 4.39 Å². The molecule has 0 amide bonds. The predicted octanol–water partition coefficient (Wildman–Crippen LogP) is 2.19. The Morgan fingerprint density at radius 2 is 2.25 bits per heavy atom. The Labute approximate surface area is 71.7 Å². The first-order valence-electron chi connectivity index (χ1n) is 3.95. The Bertz CT molecular complexity index is 268. The molecule has 1 aromatic rings. The number of benzene rings is 1. The topological polar surface area (TPSA) is 26.0 Å². The third kappa shape index (κ3) is 2.84. The molecule has 0 spiro atoms. The van der Waals surface area contributed by atoms with Crippen LogP contribution < -0.4 is 5.73 Å². The Hall–Kier alpha value is -1.15. The molecule has 1 nitrogen and oxygen atoms in total. The molecule has 0 bridgehead atoms. The van der Waals surface area contributed by atoms with Crippen LogP contribution in [0.2, 0.25) is 0 Å². The maximum absolute atomic E-state index is 12.6. The first-order chi connectivity index (χ1) is 5.83. The molecule has 0 heterocycles. The number of rotatable bonds is 3. The zero-order valence-electron chi connectivity index (χ0n) is 6.83. The molecule has 0 aliphatic carbocycles. The van der Waals surface area contributed by atoms with Crippen LogP contribution in [-0.4, -0.2) is 6.54 Å². The van der Waals surface area contributed by atoms with Gasteiger partial charge in [-0.2, -0.15) is 0 Å². The first kappa shape index (κ1) is 8.94. The van der Waals surface area contributed by atoms with Crippen molar-refractivity contribution in [2.45, 2.75) is 6.42 Å². The second-order valence-corrected chi connectivity index (χ2v) is 2.53. The highest BCUT2D eigenvalue weighted by Crippen LogP contribution is 2.05. The van der Waals surface area contributed by atoms with Gasteiger partial charge in [0.1, 0.15) is 5.82 Å². The van der Waals surface area contributed by atoms with Crippen LogP contribution in [0.25, 0.3) is 6.08 Å². The summed E-state index contributed by atoms with van der Waals surface area (Å²) in [7, 11) is 0. The van der Waals surface area contributed by atoms with E-state index in [4.69, 9.17) is 5.73 Å². The first-order valence-corrected chi connectivity index (χ1v) is 3.95. The van der Waals surface area contributed by atoms with Crippen LogP contribution in [0, 0.1) is 5.82 Å². The van der Waals surface area contributed by atoms with Gasteiger partial charge in [0, 0.05) is 0 Å². The van der Waals surface area contributed by atoms with Gasteiger partial charge in [-0.1, -0.05) is 24.3 Å². The van der Waals surface area contributed by atoms with Crippen LogP contribution in [0.15, 0.2) is 30.3 Å². The fraction of sp³-hybridized carbons (Fsp3) is 0.200. The van der Waals surface area contributed by atoms with Crippen molar-refractivity contribution in [3.05, 3.63) is 41.7 Å². The Balaban J connectivity index is 2.63. The van der Waals surface area contributed by atoms with Gasteiger partial charge >= 0.3 is 0 Å². The normalized spacial score (nSPS) is 10.8. The fourth-order valence-electron chi connectivity index (χ4n) is 0.926. The highest BCUT2D eigenvalue weighted by atomic mass is 19.1. The molecule has 0 saturated heterocycles. The largest absolute Gasteiger partial charge is 0.330 e. The minimum Gasteiger partial charge on any atom is -0.330 e. The van der Waals surface area contributed by atoms with Gasteiger partial charge in [-0.25, -0.2) is 4.39 Å². The molecule has 0 atom stereocenters. The smallest absolute Gasteiger partial charge is 0.123 e. The summed E-state index contributed by atoms with van der Waals surface area (Å²) in [5.41, 5.74) is 6.18. The molecule has 0 aliphatic heterocycles. The lowest BCUT2D eigenvalue weighted by atomic mass is 10.2. The minimum atomic E-state index is -0.204. The maximum atomic E-state index is 12.6. The third-order valence-corrected chi connectivity index (χ3v) is 1.49. The summed E-state index contributed by atoms with van der Waals surface area (Å²) in [4.78, 5) is 0. The fourth-order valence-corrected chi connectivity index (χ4v) is 0.926. The van der Waals surface area contributed by atoms with Gasteiger partial charge in [0.15, 0.2) is 0 Å². The van der Waals surface area contributed by atoms with Crippen molar-refractivity contribution in [2.24, 2.45) is 5.73 Å². The van der Waals surface area contributed by atoms with E-state index < -0.39 is 0 Å². The number of nitrogens with two attached hydrogens (primary N) is 1. The molecular weight excluding hydrogens is 153 g/mol. The van der Waals surface area contributed by atoms with Crippen molar-refractivity contribution >= 4 is 6.08 Å². The maximum Gasteiger partial charge on any atom is 0.123 e. The summed E-state index contributed by atoms with van der Waals surface area (Å²) in [6, 6.07) is 6.47. The van der Waals surface area contributed by atoms with Crippen LogP contribution >= 0.6 is 0 Å². The standard InChI is InChI=1S/C10H12FN/c11-10-6-3-5-9(8-10)4-1-2-7-12/h1,3-6,8H,2,7,12H2. The highest BCUT2D eigenvalue weighted by Gasteiger charge is 1.88. The molecule has 12 heavy (non-hydrogen) atoms. The number of halogens is 1. The minimum absolute atomic E-state index is 0.204. The highest BCUT2D eigenvalue weighted by molar-refractivity contribution is 5.48. The van der Waals surface area contributed by atoms with E-state index in [9.17, 15) is 4.39 Å². The van der Waals surface area contributed by atoms with Crippen LogP contribution in [0.1, 0.15) is 12.0 Å². The van der Waals surface area contributed by atoms with Gasteiger partial charge < -0.3 is 5.73 Å². The zero-order valence-corrected chi connectivity index (χ0v) is 6.83. The molecule has 0 fully saturated rings. The van der Waals surface area contributed by atoms with Gasteiger partial charge in [0.05, 0.1) is 0 Å². The Kier molecular flexibility index (Phi) is 3.48. The molecule has 1 rings (SSSR count). The van der Waals surface area contributed by atoms with E-state index in [-0.39, 0.29) is 5.82 Å². The van der Waals surface area contributed by atoms with E-state index in [0.29, 0.717) is 6.54 Å². The van der Waals surface area contributed by atoms with Gasteiger partial charge in [-0.05, 0) is 30.7 Å². The summed E-state index contributed by atoms with van der Waals surface area (Å²) in [5.74, 6) is -0.204. The molecular formula is C10H12FN. The van der Waals surface area contributed by atoms with E-state index in [1.807, 2.05) is 18.2 Å². The molecule has 2 heteroatoms. The van der Waals surface area contributed by atoms with Crippen molar-refractivity contribution in [1.82, 2.24) is 0 Å². The van der Waals surface area contributed by atoms with E-state index in [2.05, 4.69) is 0 Å². The van der Waals surface area contributed by atoms with Crippen molar-refractivity contribution < 1.29 is 4.39 Å². The summed E-state index contributed by atoms with van der Waals surface area (Å²) < 4.78 is 12.6. The quantitative estimate of drug-likeness (QED) is 0.730. The summed E-state index contributed by atoms with van der Waals surface area (Å²) in [6.45, 7) is 0.631. The molecule has 0 aliphatic rings. The molecule has 0 aromatic heterocycles.